The van der Waals surface area contributed by atoms with Crippen molar-refractivity contribution in [2.24, 2.45) is 0 Å². The molecule has 0 fully saturated rings. The molecule has 12 aromatic rings. The lowest BCUT2D eigenvalue weighted by molar-refractivity contribution is 1.08. The van der Waals surface area contributed by atoms with Crippen LogP contribution < -0.4 is 0 Å². The lowest BCUT2D eigenvalue weighted by Crippen LogP contribution is -2.02. The molecule has 0 radical (unpaired) electrons. The number of rotatable bonds is 6. The van der Waals surface area contributed by atoms with Crippen molar-refractivity contribution in [2.45, 2.75) is 0 Å². The van der Waals surface area contributed by atoms with E-state index in [0.29, 0.717) is 17.5 Å². The Kier molecular flexibility index (Phi) is 8.00. The van der Waals surface area contributed by atoms with E-state index in [9.17, 15) is 0 Å². The average Bonchev–Trinajstić information content (AvgIpc) is 3.88. The summed E-state index contributed by atoms with van der Waals surface area (Å²) >= 11 is 1.79. The molecule has 0 saturated heterocycles. The van der Waals surface area contributed by atoms with E-state index in [2.05, 4.69) is 205 Å². The minimum Gasteiger partial charge on any atom is -0.309 e. The molecule has 3 heterocycles. The molecule has 9 aromatic carbocycles. The van der Waals surface area contributed by atoms with Crippen LogP contribution in [0.25, 0.3) is 115 Å². The van der Waals surface area contributed by atoms with E-state index < -0.39 is 0 Å². The first kappa shape index (κ1) is 34.3. The molecular formula is C55H34N4S. The van der Waals surface area contributed by atoms with Gasteiger partial charge >= 0.3 is 0 Å². The summed E-state index contributed by atoms with van der Waals surface area (Å²) in [4.78, 5) is 16.2. The summed E-state index contributed by atoms with van der Waals surface area (Å²) in [6.45, 7) is 0. The third-order valence-corrected chi connectivity index (χ3v) is 12.9. The highest BCUT2D eigenvalue weighted by molar-refractivity contribution is 7.26. The maximum atomic E-state index is 5.42. The Morgan fingerprint density at radius 2 is 0.850 bits per heavy atom. The first-order valence-electron chi connectivity index (χ1n) is 20.2. The van der Waals surface area contributed by atoms with Crippen LogP contribution in [0.1, 0.15) is 0 Å². The molecule has 0 aliphatic carbocycles. The van der Waals surface area contributed by atoms with Gasteiger partial charge in [-0.1, -0.05) is 176 Å². The third-order valence-electron chi connectivity index (χ3n) is 11.7. The molecular weight excluding hydrogens is 749 g/mol. The van der Waals surface area contributed by atoms with E-state index in [0.717, 1.165) is 60.4 Å². The normalized spacial score (nSPS) is 11.7. The molecule has 0 N–H and O–H groups in total. The number of para-hydroxylation sites is 1. The van der Waals surface area contributed by atoms with Gasteiger partial charge in [0, 0.05) is 53.0 Å². The van der Waals surface area contributed by atoms with Crippen LogP contribution in [-0.2, 0) is 0 Å². The van der Waals surface area contributed by atoms with Gasteiger partial charge in [0.15, 0.2) is 17.5 Å². The minimum atomic E-state index is 0.626. The van der Waals surface area contributed by atoms with Crippen molar-refractivity contribution in [3.8, 4) is 62.1 Å². The van der Waals surface area contributed by atoms with Crippen LogP contribution in [0.2, 0.25) is 0 Å². The molecule has 0 aliphatic heterocycles. The Bertz CT molecular complexity index is 3610. The summed E-state index contributed by atoms with van der Waals surface area (Å²) in [6, 6.07) is 73.2. The summed E-state index contributed by atoms with van der Waals surface area (Å²) in [5.74, 6) is 1.91. The van der Waals surface area contributed by atoms with Crippen LogP contribution in [0.15, 0.2) is 206 Å². The number of hydrogen-bond donors (Lipinski definition) is 0. The van der Waals surface area contributed by atoms with Gasteiger partial charge in [0.05, 0.1) is 16.7 Å². The minimum absolute atomic E-state index is 0.626. The third kappa shape index (κ3) is 5.48. The van der Waals surface area contributed by atoms with Crippen molar-refractivity contribution >= 4 is 64.1 Å². The average molecular weight is 783 g/mol. The molecule has 60 heavy (non-hydrogen) atoms. The van der Waals surface area contributed by atoms with E-state index in [4.69, 9.17) is 15.0 Å². The molecule has 0 spiro atoms. The number of aromatic nitrogens is 4. The summed E-state index contributed by atoms with van der Waals surface area (Å²) in [7, 11) is 0. The standard InChI is InChI=1S/C55H34N4S/c1-2-17-35(18-3-1)37-21-6-8-25-43(37)53-56-54(58-55(57-53)46-30-15-29-42-40-24-11-13-34-50(40)60-52(42)46)44-26-9-7-23-39(44)41-28-16-33-49-51(41)45-27-10-12-31-48(45)59(49)47-32-14-20-36-19-4-5-22-38(36)47/h1-34H. The van der Waals surface area contributed by atoms with Crippen molar-refractivity contribution in [3.05, 3.63) is 206 Å². The van der Waals surface area contributed by atoms with Crippen LogP contribution in [0.3, 0.4) is 0 Å². The number of fused-ring (bicyclic) bond motifs is 7. The largest absolute Gasteiger partial charge is 0.309 e. The molecule has 0 aliphatic rings. The van der Waals surface area contributed by atoms with Crippen LogP contribution in [-0.4, -0.2) is 19.5 Å². The van der Waals surface area contributed by atoms with Crippen LogP contribution in [0, 0.1) is 0 Å². The molecule has 0 amide bonds. The Labute approximate surface area is 350 Å². The fourth-order valence-electron chi connectivity index (χ4n) is 9.03. The van der Waals surface area contributed by atoms with Gasteiger partial charge in [0.1, 0.15) is 0 Å². The fraction of sp³-hybridized carbons (Fsp3) is 0. The Morgan fingerprint density at radius 3 is 1.67 bits per heavy atom. The summed E-state index contributed by atoms with van der Waals surface area (Å²) in [5, 5.41) is 7.25. The summed E-state index contributed by atoms with van der Waals surface area (Å²) in [6.07, 6.45) is 0. The molecule has 4 nitrogen and oxygen atoms in total. The number of benzene rings is 9. The van der Waals surface area contributed by atoms with E-state index in [1.54, 1.807) is 11.3 Å². The quantitative estimate of drug-likeness (QED) is 0.169. The van der Waals surface area contributed by atoms with Crippen molar-refractivity contribution < 1.29 is 0 Å². The van der Waals surface area contributed by atoms with Crippen molar-refractivity contribution in [1.29, 1.82) is 0 Å². The van der Waals surface area contributed by atoms with Gasteiger partial charge in [-0.3, -0.25) is 0 Å². The zero-order valence-electron chi connectivity index (χ0n) is 32.3. The Hall–Kier alpha value is -7.73. The molecule has 280 valence electrons. The Morgan fingerprint density at radius 1 is 0.333 bits per heavy atom. The predicted octanol–water partition coefficient (Wildman–Crippen LogP) is 14.8. The van der Waals surface area contributed by atoms with Crippen LogP contribution >= 0.6 is 11.3 Å². The number of hydrogen-bond acceptors (Lipinski definition) is 4. The summed E-state index contributed by atoms with van der Waals surface area (Å²) in [5.41, 5.74) is 10.7. The lowest BCUT2D eigenvalue weighted by atomic mass is 9.94. The second-order valence-corrected chi connectivity index (χ2v) is 16.1. The first-order valence-corrected chi connectivity index (χ1v) is 21.0. The lowest BCUT2D eigenvalue weighted by Gasteiger charge is -2.15. The molecule has 0 atom stereocenters. The highest BCUT2D eigenvalue weighted by Gasteiger charge is 2.22. The zero-order valence-corrected chi connectivity index (χ0v) is 33.1. The van der Waals surface area contributed by atoms with Gasteiger partial charge in [-0.2, -0.15) is 0 Å². The molecule has 0 unspecified atom stereocenters. The Balaban J connectivity index is 1.13. The molecule has 0 bridgehead atoms. The van der Waals surface area contributed by atoms with E-state index in [1.807, 2.05) is 6.07 Å². The van der Waals surface area contributed by atoms with Gasteiger partial charge in [0.25, 0.3) is 0 Å². The van der Waals surface area contributed by atoms with Crippen molar-refractivity contribution in [3.63, 3.8) is 0 Å². The molecule has 5 heteroatoms. The molecule has 0 saturated carbocycles. The summed E-state index contributed by atoms with van der Waals surface area (Å²) < 4.78 is 4.83. The van der Waals surface area contributed by atoms with E-state index >= 15 is 0 Å². The highest BCUT2D eigenvalue weighted by atomic mass is 32.1. The second kappa shape index (κ2) is 14.0. The van der Waals surface area contributed by atoms with Gasteiger partial charge in [-0.05, 0) is 58.0 Å². The van der Waals surface area contributed by atoms with Crippen molar-refractivity contribution in [2.75, 3.05) is 0 Å². The monoisotopic (exact) mass is 782 g/mol. The van der Waals surface area contributed by atoms with E-state index in [-0.39, 0.29) is 0 Å². The van der Waals surface area contributed by atoms with Crippen LogP contribution in [0.4, 0.5) is 0 Å². The van der Waals surface area contributed by atoms with E-state index in [1.165, 1.54) is 37.0 Å². The molecule has 3 aromatic heterocycles. The smallest absolute Gasteiger partial charge is 0.165 e. The van der Waals surface area contributed by atoms with Crippen LogP contribution in [0.5, 0.6) is 0 Å². The van der Waals surface area contributed by atoms with Gasteiger partial charge < -0.3 is 4.57 Å². The number of thiophene rings is 1. The number of nitrogens with zero attached hydrogens (tertiary/aromatic N) is 4. The van der Waals surface area contributed by atoms with Gasteiger partial charge in [-0.15, -0.1) is 11.3 Å². The first-order chi connectivity index (χ1) is 29.8. The predicted molar refractivity (Wildman–Crippen MR) is 252 cm³/mol. The van der Waals surface area contributed by atoms with Gasteiger partial charge in [0.2, 0.25) is 0 Å². The van der Waals surface area contributed by atoms with Crippen molar-refractivity contribution in [1.82, 2.24) is 19.5 Å². The highest BCUT2D eigenvalue weighted by Crippen LogP contribution is 2.44. The fourth-order valence-corrected chi connectivity index (χ4v) is 10.2. The zero-order chi connectivity index (χ0) is 39.6. The maximum absolute atomic E-state index is 5.42. The second-order valence-electron chi connectivity index (χ2n) is 15.1. The SMILES string of the molecule is c1ccc(-c2ccccc2-c2nc(-c3ccccc3-c3cccc4c3c3ccccc3n4-c3cccc4ccccc34)nc(-c3cccc4c3sc3ccccc34)n2)cc1. The topological polar surface area (TPSA) is 43.6 Å². The maximum Gasteiger partial charge on any atom is 0.165 e. The molecule has 12 rings (SSSR count). The van der Waals surface area contributed by atoms with Gasteiger partial charge in [-0.25, -0.2) is 15.0 Å².